The van der Waals surface area contributed by atoms with Gasteiger partial charge in [0.05, 0.1) is 12.3 Å². The second kappa shape index (κ2) is 9.07. The Labute approximate surface area is 179 Å². The van der Waals surface area contributed by atoms with Crippen molar-refractivity contribution in [2.75, 3.05) is 18.4 Å². The van der Waals surface area contributed by atoms with Crippen LogP contribution in [0.2, 0.25) is 0 Å². The second-order valence-electron chi connectivity index (χ2n) is 7.70. The summed E-state index contributed by atoms with van der Waals surface area (Å²) in [5.74, 6) is 0.520. The fraction of sp³-hybridized carbons (Fsp3) is 0.304. The zero-order valence-electron chi connectivity index (χ0n) is 17.2. The number of anilines is 1. The first-order chi connectivity index (χ1) is 15.0. The number of aromatic nitrogens is 2. The number of nitrogens with one attached hydrogen (secondary N) is 1. The molecule has 1 fully saturated rings. The summed E-state index contributed by atoms with van der Waals surface area (Å²) in [5, 5.41) is 6.80. The maximum atomic E-state index is 13.1. The number of piperidine rings is 1. The molecule has 0 radical (unpaired) electrons. The lowest BCUT2D eigenvalue weighted by atomic mass is 9.97. The molecule has 1 aliphatic rings. The van der Waals surface area contributed by atoms with Crippen molar-refractivity contribution in [2.24, 2.45) is 0 Å². The van der Waals surface area contributed by atoms with Gasteiger partial charge in [0.1, 0.15) is 5.82 Å². The Kier molecular flexibility index (Phi) is 6.06. The van der Waals surface area contributed by atoms with Crippen LogP contribution in [0.25, 0.3) is 11.4 Å². The minimum absolute atomic E-state index is 0.00427. The largest absolute Gasteiger partial charge is 0.342 e. The average Bonchev–Trinajstić information content (AvgIpc) is 3.26. The fourth-order valence-corrected chi connectivity index (χ4v) is 3.72. The summed E-state index contributed by atoms with van der Waals surface area (Å²) in [6, 6.07) is 13.2. The molecule has 1 atom stereocenters. The first-order valence-electron chi connectivity index (χ1n) is 10.2. The van der Waals surface area contributed by atoms with E-state index in [1.807, 2.05) is 17.0 Å². The normalized spacial score (nSPS) is 16.2. The van der Waals surface area contributed by atoms with E-state index < -0.39 is 0 Å². The zero-order valence-corrected chi connectivity index (χ0v) is 17.2. The predicted octanol–water partition coefficient (Wildman–Crippen LogP) is 3.78. The number of likely N-dealkylation sites (tertiary alicyclic amines) is 1. The molecule has 0 aliphatic carbocycles. The van der Waals surface area contributed by atoms with Crippen molar-refractivity contribution in [1.82, 2.24) is 15.0 Å². The predicted molar refractivity (Wildman–Crippen MR) is 113 cm³/mol. The fourth-order valence-electron chi connectivity index (χ4n) is 3.72. The van der Waals surface area contributed by atoms with Gasteiger partial charge in [-0.05, 0) is 54.8 Å². The number of carbonyl (C=O) groups excluding carboxylic acids is 2. The Morgan fingerprint density at radius 2 is 1.90 bits per heavy atom. The number of carbonyl (C=O) groups is 2. The van der Waals surface area contributed by atoms with Crippen molar-refractivity contribution in [3.8, 4) is 11.4 Å². The molecule has 0 spiro atoms. The smallest absolute Gasteiger partial charge is 0.231 e. The third-order valence-electron chi connectivity index (χ3n) is 5.30. The molecule has 3 aromatic rings. The molecular formula is C23H23FN4O3. The van der Waals surface area contributed by atoms with Crippen LogP contribution < -0.4 is 5.32 Å². The number of halogens is 1. The third kappa shape index (κ3) is 5.14. The van der Waals surface area contributed by atoms with Crippen molar-refractivity contribution in [2.45, 2.75) is 32.1 Å². The Balaban J connectivity index is 1.40. The van der Waals surface area contributed by atoms with Crippen molar-refractivity contribution in [3.63, 3.8) is 0 Å². The van der Waals surface area contributed by atoms with E-state index in [1.54, 1.807) is 24.3 Å². The zero-order chi connectivity index (χ0) is 21.8. The van der Waals surface area contributed by atoms with Crippen LogP contribution in [0.5, 0.6) is 0 Å². The molecule has 31 heavy (non-hydrogen) atoms. The minimum Gasteiger partial charge on any atom is -0.342 e. The maximum Gasteiger partial charge on any atom is 0.231 e. The van der Waals surface area contributed by atoms with Gasteiger partial charge in [0.15, 0.2) is 0 Å². The van der Waals surface area contributed by atoms with Gasteiger partial charge in [-0.15, -0.1) is 0 Å². The van der Waals surface area contributed by atoms with Crippen LogP contribution in [-0.4, -0.2) is 39.9 Å². The van der Waals surface area contributed by atoms with Crippen LogP contribution in [0.1, 0.15) is 37.1 Å². The van der Waals surface area contributed by atoms with E-state index in [1.165, 1.54) is 19.1 Å². The quantitative estimate of drug-likeness (QED) is 0.676. The summed E-state index contributed by atoms with van der Waals surface area (Å²) in [7, 11) is 0. The highest BCUT2D eigenvalue weighted by Crippen LogP contribution is 2.28. The molecule has 0 unspecified atom stereocenters. The first kappa shape index (κ1) is 20.7. The minimum atomic E-state index is -0.314. The van der Waals surface area contributed by atoms with Gasteiger partial charge in [-0.2, -0.15) is 4.98 Å². The number of hydrogen-bond donors (Lipinski definition) is 1. The molecule has 2 amide bonds. The Bertz CT molecular complexity index is 1060. The number of rotatable bonds is 5. The average molecular weight is 422 g/mol. The summed E-state index contributed by atoms with van der Waals surface area (Å²) in [4.78, 5) is 30.2. The highest BCUT2D eigenvalue weighted by molar-refractivity contribution is 5.88. The first-order valence-corrected chi connectivity index (χ1v) is 10.2. The van der Waals surface area contributed by atoms with Crippen LogP contribution in [0.3, 0.4) is 0 Å². The van der Waals surface area contributed by atoms with E-state index >= 15 is 0 Å². The van der Waals surface area contributed by atoms with Crippen LogP contribution in [-0.2, 0) is 16.0 Å². The summed E-state index contributed by atoms with van der Waals surface area (Å²) in [5.41, 5.74) is 2.27. The van der Waals surface area contributed by atoms with E-state index in [0.29, 0.717) is 30.5 Å². The van der Waals surface area contributed by atoms with Crippen LogP contribution in [0.15, 0.2) is 53.1 Å². The molecule has 1 aliphatic heterocycles. The van der Waals surface area contributed by atoms with E-state index in [9.17, 15) is 14.0 Å². The molecule has 8 heteroatoms. The van der Waals surface area contributed by atoms with E-state index in [0.717, 1.165) is 24.0 Å². The van der Waals surface area contributed by atoms with Crippen LogP contribution in [0, 0.1) is 5.82 Å². The summed E-state index contributed by atoms with van der Waals surface area (Å²) in [6.45, 7) is 2.66. The highest BCUT2D eigenvalue weighted by Gasteiger charge is 2.28. The summed E-state index contributed by atoms with van der Waals surface area (Å²) < 4.78 is 18.6. The maximum absolute atomic E-state index is 13.1. The van der Waals surface area contributed by atoms with Gasteiger partial charge in [-0.1, -0.05) is 17.3 Å². The van der Waals surface area contributed by atoms with Gasteiger partial charge in [0.2, 0.25) is 23.5 Å². The SMILES string of the molecule is CC(=O)Nc1ccc(-c2noc([C@@H]3CCCN(C(=O)Cc4ccc(F)cc4)C3)n2)cc1. The van der Waals surface area contributed by atoms with Gasteiger partial charge in [0, 0.05) is 31.3 Å². The van der Waals surface area contributed by atoms with Crippen molar-refractivity contribution in [1.29, 1.82) is 0 Å². The topological polar surface area (TPSA) is 88.3 Å². The van der Waals surface area contributed by atoms with Crippen molar-refractivity contribution in [3.05, 3.63) is 65.8 Å². The van der Waals surface area contributed by atoms with E-state index in [-0.39, 0.29) is 30.0 Å². The monoisotopic (exact) mass is 422 g/mol. The van der Waals surface area contributed by atoms with Crippen molar-refractivity contribution >= 4 is 17.5 Å². The summed E-state index contributed by atoms with van der Waals surface area (Å²) >= 11 is 0. The van der Waals surface area contributed by atoms with Gasteiger partial charge >= 0.3 is 0 Å². The lowest BCUT2D eigenvalue weighted by Gasteiger charge is -2.31. The Morgan fingerprint density at radius 3 is 2.61 bits per heavy atom. The number of hydrogen-bond acceptors (Lipinski definition) is 5. The van der Waals surface area contributed by atoms with Gasteiger partial charge in [0.25, 0.3) is 0 Å². The number of amides is 2. The lowest BCUT2D eigenvalue weighted by Crippen LogP contribution is -2.40. The molecule has 2 heterocycles. The number of benzene rings is 2. The summed E-state index contributed by atoms with van der Waals surface area (Å²) in [6.07, 6.45) is 1.95. The van der Waals surface area contributed by atoms with Gasteiger partial charge in [-0.3, -0.25) is 9.59 Å². The van der Waals surface area contributed by atoms with Crippen LogP contribution >= 0.6 is 0 Å². The molecule has 7 nitrogen and oxygen atoms in total. The molecule has 2 aromatic carbocycles. The van der Waals surface area contributed by atoms with Gasteiger partial charge in [-0.25, -0.2) is 4.39 Å². The van der Waals surface area contributed by atoms with Crippen molar-refractivity contribution < 1.29 is 18.5 Å². The van der Waals surface area contributed by atoms with E-state index in [4.69, 9.17) is 4.52 Å². The molecule has 1 N–H and O–H groups in total. The molecule has 1 saturated heterocycles. The molecular weight excluding hydrogens is 399 g/mol. The second-order valence-corrected chi connectivity index (χ2v) is 7.70. The molecule has 160 valence electrons. The molecule has 0 saturated carbocycles. The van der Waals surface area contributed by atoms with Gasteiger partial charge < -0.3 is 14.7 Å². The number of nitrogens with zero attached hydrogens (tertiary/aromatic N) is 3. The molecule has 1 aromatic heterocycles. The Hall–Kier alpha value is -3.55. The highest BCUT2D eigenvalue weighted by atomic mass is 19.1. The molecule has 4 rings (SSSR count). The lowest BCUT2D eigenvalue weighted by molar-refractivity contribution is -0.131. The third-order valence-corrected chi connectivity index (χ3v) is 5.30. The molecule has 0 bridgehead atoms. The van der Waals surface area contributed by atoms with Crippen LogP contribution in [0.4, 0.5) is 10.1 Å². The van der Waals surface area contributed by atoms with E-state index in [2.05, 4.69) is 15.5 Å². The Morgan fingerprint density at radius 1 is 1.16 bits per heavy atom. The standard InChI is InChI=1S/C23H23FN4O3/c1-15(29)25-20-10-6-17(7-11-20)22-26-23(31-27-22)18-3-2-12-28(14-18)21(30)13-16-4-8-19(24)9-5-16/h4-11,18H,2-3,12-14H2,1H3,(H,25,29)/t18-/m1/s1.